The van der Waals surface area contributed by atoms with Crippen molar-refractivity contribution in [1.82, 2.24) is 0 Å². The SMILES string of the molecule is CCc1ccccc1Oc1coc2cc(OC(=O)c3ccc(Cl)c([N+](=O)[O-])c3)ccc2c1=O. The third-order valence-corrected chi connectivity index (χ3v) is 5.20. The number of ether oxygens (including phenoxy) is 2. The number of para-hydroxylation sites is 1. The summed E-state index contributed by atoms with van der Waals surface area (Å²) in [5, 5.41) is 11.2. The smallest absolute Gasteiger partial charge is 0.343 e. The van der Waals surface area contributed by atoms with E-state index in [1.54, 1.807) is 6.07 Å². The number of hydrogen-bond donors (Lipinski definition) is 0. The Kier molecular flexibility index (Phi) is 6.10. The van der Waals surface area contributed by atoms with Crippen molar-refractivity contribution in [2.45, 2.75) is 13.3 Å². The minimum absolute atomic E-state index is 0.0293. The lowest BCUT2D eigenvalue weighted by Gasteiger charge is -2.10. The van der Waals surface area contributed by atoms with Crippen molar-refractivity contribution in [1.29, 1.82) is 0 Å². The van der Waals surface area contributed by atoms with E-state index in [4.69, 9.17) is 25.5 Å². The number of nitrogens with zero attached hydrogens (tertiary/aromatic N) is 1. The Labute approximate surface area is 192 Å². The molecule has 166 valence electrons. The molecule has 8 nitrogen and oxygen atoms in total. The average Bonchev–Trinajstić information content (AvgIpc) is 2.81. The van der Waals surface area contributed by atoms with Crippen LogP contribution in [0.5, 0.6) is 17.2 Å². The number of carbonyl (C=O) groups excluding carboxylic acids is 1. The number of nitro groups is 1. The first-order chi connectivity index (χ1) is 15.9. The molecule has 0 saturated carbocycles. The largest absolute Gasteiger partial charge is 0.460 e. The van der Waals surface area contributed by atoms with Crippen molar-refractivity contribution >= 4 is 34.2 Å². The second-order valence-corrected chi connectivity index (χ2v) is 7.37. The lowest BCUT2D eigenvalue weighted by Crippen LogP contribution is -2.10. The topological polar surface area (TPSA) is 109 Å². The Hall–Kier alpha value is -4.17. The molecule has 0 spiro atoms. The Balaban J connectivity index is 1.60. The second kappa shape index (κ2) is 9.13. The number of nitro benzene ring substituents is 1. The number of rotatable bonds is 6. The Morgan fingerprint density at radius 1 is 1.09 bits per heavy atom. The summed E-state index contributed by atoms with van der Waals surface area (Å²) in [5.41, 5.74) is 0.289. The number of fused-ring (bicyclic) bond motifs is 1. The molecule has 0 aliphatic heterocycles. The maximum Gasteiger partial charge on any atom is 0.343 e. The van der Waals surface area contributed by atoms with Crippen LogP contribution in [0.15, 0.2) is 76.1 Å². The first-order valence-corrected chi connectivity index (χ1v) is 10.2. The van der Waals surface area contributed by atoms with Gasteiger partial charge in [0.05, 0.1) is 15.9 Å². The molecule has 3 aromatic carbocycles. The van der Waals surface area contributed by atoms with Crippen LogP contribution in [0.3, 0.4) is 0 Å². The van der Waals surface area contributed by atoms with Crippen molar-refractivity contribution in [3.8, 4) is 17.2 Å². The summed E-state index contributed by atoms with van der Waals surface area (Å²) in [6.45, 7) is 1.98. The van der Waals surface area contributed by atoms with Crippen molar-refractivity contribution in [3.63, 3.8) is 0 Å². The Bertz CT molecular complexity index is 1440. The molecule has 0 fully saturated rings. The summed E-state index contributed by atoms with van der Waals surface area (Å²) in [7, 11) is 0. The highest BCUT2D eigenvalue weighted by Gasteiger charge is 2.18. The van der Waals surface area contributed by atoms with Gasteiger partial charge in [0.25, 0.3) is 5.69 Å². The van der Waals surface area contributed by atoms with E-state index >= 15 is 0 Å². The van der Waals surface area contributed by atoms with Crippen molar-refractivity contribution in [3.05, 3.63) is 103 Å². The molecule has 0 aliphatic rings. The summed E-state index contributed by atoms with van der Waals surface area (Å²) in [5.74, 6) is -0.137. The summed E-state index contributed by atoms with van der Waals surface area (Å²) < 4.78 is 16.6. The van der Waals surface area contributed by atoms with Gasteiger partial charge in [-0.05, 0) is 42.3 Å². The van der Waals surface area contributed by atoms with Crippen LogP contribution in [-0.4, -0.2) is 10.9 Å². The van der Waals surface area contributed by atoms with Crippen LogP contribution in [0, 0.1) is 10.1 Å². The van der Waals surface area contributed by atoms with Crippen LogP contribution in [0.2, 0.25) is 5.02 Å². The first kappa shape index (κ1) is 22.0. The predicted molar refractivity (Wildman–Crippen MR) is 121 cm³/mol. The number of esters is 1. The number of halogens is 1. The second-order valence-electron chi connectivity index (χ2n) is 6.96. The molecule has 4 rings (SSSR count). The molecule has 0 unspecified atom stereocenters. The van der Waals surface area contributed by atoms with Crippen LogP contribution in [0.4, 0.5) is 5.69 Å². The fraction of sp³-hybridized carbons (Fsp3) is 0.0833. The fourth-order valence-corrected chi connectivity index (χ4v) is 3.37. The van der Waals surface area contributed by atoms with E-state index in [2.05, 4.69) is 0 Å². The van der Waals surface area contributed by atoms with Gasteiger partial charge in [-0.3, -0.25) is 14.9 Å². The number of aryl methyl sites for hydroxylation is 1. The van der Waals surface area contributed by atoms with Crippen molar-refractivity contribution < 1.29 is 23.6 Å². The van der Waals surface area contributed by atoms with Crippen molar-refractivity contribution in [2.24, 2.45) is 0 Å². The molecule has 1 aromatic heterocycles. The van der Waals surface area contributed by atoms with E-state index in [9.17, 15) is 19.7 Å². The van der Waals surface area contributed by atoms with E-state index in [0.29, 0.717) is 5.75 Å². The molecular formula is C24H16ClNO7. The quantitative estimate of drug-likeness (QED) is 0.150. The molecule has 0 saturated heterocycles. The lowest BCUT2D eigenvalue weighted by molar-refractivity contribution is -0.384. The maximum atomic E-state index is 12.9. The highest BCUT2D eigenvalue weighted by molar-refractivity contribution is 6.32. The zero-order valence-electron chi connectivity index (χ0n) is 17.2. The molecule has 1 heterocycles. The summed E-state index contributed by atoms with van der Waals surface area (Å²) in [4.78, 5) is 35.6. The summed E-state index contributed by atoms with van der Waals surface area (Å²) in [6.07, 6.45) is 1.94. The number of benzene rings is 3. The molecule has 4 aromatic rings. The van der Waals surface area contributed by atoms with E-state index < -0.39 is 16.6 Å². The zero-order chi connectivity index (χ0) is 23.5. The molecule has 0 N–H and O–H groups in total. The van der Waals surface area contributed by atoms with Crippen LogP contribution in [0.1, 0.15) is 22.8 Å². The predicted octanol–water partition coefficient (Wildman–Crippen LogP) is 5.93. The van der Waals surface area contributed by atoms with Crippen LogP contribution >= 0.6 is 11.6 Å². The average molecular weight is 466 g/mol. The molecule has 33 heavy (non-hydrogen) atoms. The van der Waals surface area contributed by atoms with Gasteiger partial charge in [0, 0.05) is 12.1 Å². The van der Waals surface area contributed by atoms with E-state index in [0.717, 1.165) is 18.1 Å². The normalized spacial score (nSPS) is 10.7. The van der Waals surface area contributed by atoms with Crippen LogP contribution in [0.25, 0.3) is 11.0 Å². The minimum Gasteiger partial charge on any atom is -0.460 e. The standard InChI is InChI=1S/C24H16ClNO7/c1-2-14-5-3-4-6-20(14)33-22-13-31-21-12-16(8-9-17(21)23(22)27)32-24(28)15-7-10-18(25)19(11-15)26(29)30/h3-13H,2H2,1H3. The van der Waals surface area contributed by atoms with Crippen LogP contribution in [-0.2, 0) is 6.42 Å². The number of carbonyl (C=O) groups is 1. The minimum atomic E-state index is -0.826. The third kappa shape index (κ3) is 4.56. The van der Waals surface area contributed by atoms with E-state index in [1.807, 2.05) is 25.1 Å². The van der Waals surface area contributed by atoms with E-state index in [-0.39, 0.29) is 38.5 Å². The monoisotopic (exact) mass is 465 g/mol. The first-order valence-electron chi connectivity index (χ1n) is 9.85. The third-order valence-electron chi connectivity index (χ3n) is 4.88. The van der Waals surface area contributed by atoms with Gasteiger partial charge in [0.2, 0.25) is 11.2 Å². The molecule has 9 heteroatoms. The van der Waals surface area contributed by atoms with Gasteiger partial charge >= 0.3 is 5.97 Å². The number of hydrogen-bond acceptors (Lipinski definition) is 7. The van der Waals surface area contributed by atoms with Gasteiger partial charge < -0.3 is 13.9 Å². The highest BCUT2D eigenvalue weighted by atomic mass is 35.5. The molecular weight excluding hydrogens is 450 g/mol. The Morgan fingerprint density at radius 2 is 1.88 bits per heavy atom. The summed E-state index contributed by atoms with van der Waals surface area (Å²) >= 11 is 5.77. The molecule has 0 aliphatic carbocycles. The van der Waals surface area contributed by atoms with Gasteiger partial charge in [-0.1, -0.05) is 36.7 Å². The van der Waals surface area contributed by atoms with Gasteiger partial charge in [-0.25, -0.2) is 4.79 Å². The van der Waals surface area contributed by atoms with Gasteiger partial charge in [0.1, 0.15) is 28.4 Å². The molecule has 0 bridgehead atoms. The molecule has 0 atom stereocenters. The zero-order valence-corrected chi connectivity index (χ0v) is 18.0. The summed E-state index contributed by atoms with van der Waals surface area (Å²) in [6, 6.07) is 15.2. The highest BCUT2D eigenvalue weighted by Crippen LogP contribution is 2.28. The van der Waals surface area contributed by atoms with Gasteiger partial charge in [-0.2, -0.15) is 0 Å². The maximum absolute atomic E-state index is 12.9. The van der Waals surface area contributed by atoms with Gasteiger partial charge in [-0.15, -0.1) is 0 Å². The van der Waals surface area contributed by atoms with Crippen LogP contribution < -0.4 is 14.9 Å². The van der Waals surface area contributed by atoms with Crippen molar-refractivity contribution in [2.75, 3.05) is 0 Å². The molecule has 0 radical (unpaired) electrons. The van der Waals surface area contributed by atoms with Gasteiger partial charge in [0.15, 0.2) is 0 Å². The van der Waals surface area contributed by atoms with E-state index in [1.165, 1.54) is 36.6 Å². The fourth-order valence-electron chi connectivity index (χ4n) is 3.18. The lowest BCUT2D eigenvalue weighted by atomic mass is 10.1. The molecule has 0 amide bonds. The Morgan fingerprint density at radius 3 is 2.64 bits per heavy atom.